The number of carbonyl (C=O) groups is 1. The van der Waals surface area contributed by atoms with Crippen molar-refractivity contribution in [2.75, 3.05) is 13.8 Å². The van der Waals surface area contributed by atoms with Crippen LogP contribution < -0.4 is 10.1 Å². The van der Waals surface area contributed by atoms with E-state index in [-0.39, 0.29) is 17.2 Å². The van der Waals surface area contributed by atoms with Crippen molar-refractivity contribution in [2.45, 2.75) is 22.7 Å². The van der Waals surface area contributed by atoms with E-state index in [1.165, 1.54) is 4.90 Å². The van der Waals surface area contributed by atoms with Crippen LogP contribution in [0.3, 0.4) is 0 Å². The molecule has 1 amide bonds. The number of thioether (sulfide) groups is 1. The molecule has 4 nitrogen and oxygen atoms in total. The quantitative estimate of drug-likeness (QED) is 0.942. The smallest absolute Gasteiger partial charge is 0.233 e. The monoisotopic (exact) mass is 326 g/mol. The summed E-state index contributed by atoms with van der Waals surface area (Å²) in [4.78, 5) is 16.1. The molecule has 0 bridgehead atoms. The maximum absolute atomic E-state index is 13.0. The van der Waals surface area contributed by atoms with Crippen LogP contribution >= 0.6 is 11.8 Å². The number of fused-ring (bicyclic) bond motifs is 3. The van der Waals surface area contributed by atoms with Crippen molar-refractivity contribution in [3.8, 4) is 5.75 Å². The highest BCUT2D eigenvalue weighted by molar-refractivity contribution is 8.00. The van der Waals surface area contributed by atoms with Crippen molar-refractivity contribution in [1.82, 2.24) is 10.2 Å². The van der Waals surface area contributed by atoms with Gasteiger partial charge >= 0.3 is 0 Å². The fourth-order valence-corrected chi connectivity index (χ4v) is 4.60. The molecule has 1 fully saturated rings. The van der Waals surface area contributed by atoms with Crippen LogP contribution in [0.15, 0.2) is 53.4 Å². The van der Waals surface area contributed by atoms with Crippen LogP contribution in [0.2, 0.25) is 0 Å². The molecule has 1 N–H and O–H groups in total. The van der Waals surface area contributed by atoms with Gasteiger partial charge in [0.1, 0.15) is 5.75 Å². The number of para-hydroxylation sites is 1. The minimum Gasteiger partial charge on any atom is -0.496 e. The van der Waals surface area contributed by atoms with Gasteiger partial charge in [-0.3, -0.25) is 10.1 Å². The summed E-state index contributed by atoms with van der Waals surface area (Å²) < 4.78 is 5.40. The van der Waals surface area contributed by atoms with Gasteiger partial charge in [-0.1, -0.05) is 36.4 Å². The van der Waals surface area contributed by atoms with Crippen LogP contribution in [0.1, 0.15) is 17.0 Å². The molecule has 23 heavy (non-hydrogen) atoms. The summed E-state index contributed by atoms with van der Waals surface area (Å²) in [5.41, 5.74) is 2.17. The Balaban J connectivity index is 1.60. The Bertz CT molecular complexity index is 749. The molecule has 2 aliphatic rings. The lowest BCUT2D eigenvalue weighted by molar-refractivity contribution is -0.136. The zero-order chi connectivity index (χ0) is 15.8. The summed E-state index contributed by atoms with van der Waals surface area (Å²) >= 11 is 1.76. The predicted molar refractivity (Wildman–Crippen MR) is 90.4 cm³/mol. The third kappa shape index (κ3) is 2.50. The minimum atomic E-state index is -0.0975. The molecule has 2 unspecified atom stereocenters. The minimum absolute atomic E-state index is 0.0975. The second kappa shape index (κ2) is 5.91. The van der Waals surface area contributed by atoms with Crippen molar-refractivity contribution in [1.29, 1.82) is 0 Å². The number of carbonyl (C=O) groups excluding carboxylic acids is 1. The molecule has 0 aliphatic carbocycles. The van der Waals surface area contributed by atoms with Crippen molar-refractivity contribution >= 4 is 17.7 Å². The highest BCUT2D eigenvalue weighted by Crippen LogP contribution is 2.46. The lowest BCUT2D eigenvalue weighted by atomic mass is 9.96. The summed E-state index contributed by atoms with van der Waals surface area (Å²) in [6.07, 6.45) is 0. The largest absolute Gasteiger partial charge is 0.496 e. The van der Waals surface area contributed by atoms with Crippen LogP contribution in [-0.4, -0.2) is 30.0 Å². The van der Waals surface area contributed by atoms with Crippen LogP contribution in [-0.2, 0) is 11.3 Å². The number of ether oxygens (including phenoxy) is 1. The maximum atomic E-state index is 13.0. The summed E-state index contributed by atoms with van der Waals surface area (Å²) in [6, 6.07) is 16.1. The van der Waals surface area contributed by atoms with E-state index in [1.807, 2.05) is 41.3 Å². The fourth-order valence-electron chi connectivity index (χ4n) is 3.28. The van der Waals surface area contributed by atoms with Gasteiger partial charge in [0.2, 0.25) is 5.91 Å². The zero-order valence-corrected chi connectivity index (χ0v) is 13.7. The lowest BCUT2D eigenvalue weighted by Gasteiger charge is -2.35. The first-order chi connectivity index (χ1) is 11.3. The van der Waals surface area contributed by atoms with E-state index in [1.54, 1.807) is 18.9 Å². The number of nitrogens with zero attached hydrogens (tertiary/aromatic N) is 1. The maximum Gasteiger partial charge on any atom is 0.233 e. The molecule has 4 rings (SSSR count). The predicted octanol–water partition coefficient (Wildman–Crippen LogP) is 2.80. The number of methoxy groups -OCH3 is 1. The van der Waals surface area contributed by atoms with Gasteiger partial charge < -0.3 is 9.64 Å². The standard InChI is InChI=1S/C18H18N2O2S/c1-22-14-8-4-2-6-12(14)10-20-11-19-17-16(18(20)21)13-7-3-5-9-15(13)23-17/h2-9,16-17,19H,10-11H2,1H3. The van der Waals surface area contributed by atoms with Gasteiger partial charge in [0, 0.05) is 10.5 Å². The van der Waals surface area contributed by atoms with Crippen LogP contribution in [0.25, 0.3) is 0 Å². The van der Waals surface area contributed by atoms with Crippen molar-refractivity contribution in [3.05, 3.63) is 59.7 Å². The summed E-state index contributed by atoms with van der Waals surface area (Å²) in [7, 11) is 1.66. The van der Waals surface area contributed by atoms with Gasteiger partial charge in [0.15, 0.2) is 0 Å². The molecule has 0 saturated carbocycles. The Morgan fingerprint density at radius 3 is 2.87 bits per heavy atom. The van der Waals surface area contributed by atoms with E-state index in [0.717, 1.165) is 16.9 Å². The van der Waals surface area contributed by atoms with E-state index in [0.29, 0.717) is 13.2 Å². The third-order valence-corrected chi connectivity index (χ3v) is 5.74. The van der Waals surface area contributed by atoms with Crippen molar-refractivity contribution in [3.63, 3.8) is 0 Å². The molecule has 2 aromatic carbocycles. The van der Waals surface area contributed by atoms with Gasteiger partial charge in [-0.25, -0.2) is 0 Å². The van der Waals surface area contributed by atoms with Crippen molar-refractivity contribution in [2.24, 2.45) is 0 Å². The summed E-state index contributed by atoms with van der Waals surface area (Å²) in [5.74, 6) is 0.917. The molecule has 2 atom stereocenters. The molecular formula is C18H18N2O2S. The van der Waals surface area contributed by atoms with E-state index in [9.17, 15) is 4.79 Å². The Labute approximate surface area is 139 Å². The molecule has 0 spiro atoms. The number of benzene rings is 2. The SMILES string of the molecule is COc1ccccc1CN1CNC2Sc3ccccc3C2C1=O. The summed E-state index contributed by atoms with van der Waals surface area (Å²) in [6.45, 7) is 1.13. The van der Waals surface area contributed by atoms with Crippen molar-refractivity contribution < 1.29 is 9.53 Å². The fraction of sp³-hybridized carbons (Fsp3) is 0.278. The molecule has 2 aromatic rings. The Kier molecular flexibility index (Phi) is 3.75. The molecular weight excluding hydrogens is 308 g/mol. The Morgan fingerprint density at radius 2 is 2.00 bits per heavy atom. The normalized spacial score (nSPS) is 22.7. The molecule has 118 valence electrons. The molecule has 0 radical (unpaired) electrons. The topological polar surface area (TPSA) is 41.6 Å². The number of rotatable bonds is 3. The summed E-state index contributed by atoms with van der Waals surface area (Å²) in [5, 5.41) is 3.64. The zero-order valence-electron chi connectivity index (χ0n) is 12.9. The highest BCUT2D eigenvalue weighted by Gasteiger charge is 2.43. The van der Waals surface area contributed by atoms with E-state index in [2.05, 4.69) is 17.4 Å². The first-order valence-corrected chi connectivity index (χ1v) is 8.55. The number of amides is 1. The number of hydrogen-bond donors (Lipinski definition) is 1. The highest BCUT2D eigenvalue weighted by atomic mass is 32.2. The second-order valence-electron chi connectivity index (χ2n) is 5.76. The Morgan fingerprint density at radius 1 is 1.22 bits per heavy atom. The molecule has 1 saturated heterocycles. The van der Waals surface area contributed by atoms with Gasteiger partial charge in [0.25, 0.3) is 0 Å². The van der Waals surface area contributed by atoms with E-state index in [4.69, 9.17) is 4.74 Å². The molecule has 2 aliphatic heterocycles. The molecule has 5 heteroatoms. The van der Waals surface area contributed by atoms with Crippen LogP contribution in [0, 0.1) is 0 Å². The van der Waals surface area contributed by atoms with Gasteiger partial charge in [0.05, 0.1) is 31.6 Å². The average Bonchev–Trinajstić information content (AvgIpc) is 2.97. The first-order valence-electron chi connectivity index (χ1n) is 7.67. The van der Waals surface area contributed by atoms with Gasteiger partial charge in [-0.15, -0.1) is 11.8 Å². The second-order valence-corrected chi connectivity index (χ2v) is 6.95. The third-order valence-electron chi connectivity index (χ3n) is 4.43. The number of hydrogen-bond acceptors (Lipinski definition) is 4. The average molecular weight is 326 g/mol. The van der Waals surface area contributed by atoms with Crippen LogP contribution in [0.5, 0.6) is 5.75 Å². The molecule has 2 heterocycles. The lowest BCUT2D eigenvalue weighted by Crippen LogP contribution is -2.52. The van der Waals surface area contributed by atoms with Gasteiger partial charge in [-0.05, 0) is 17.7 Å². The first kappa shape index (κ1) is 14.6. The van der Waals surface area contributed by atoms with E-state index >= 15 is 0 Å². The van der Waals surface area contributed by atoms with Gasteiger partial charge in [-0.2, -0.15) is 0 Å². The number of nitrogens with one attached hydrogen (secondary N) is 1. The molecule has 0 aromatic heterocycles. The van der Waals surface area contributed by atoms with E-state index < -0.39 is 0 Å². The van der Waals surface area contributed by atoms with Crippen LogP contribution in [0.4, 0.5) is 0 Å². The Hall–Kier alpha value is -1.98.